The van der Waals surface area contributed by atoms with E-state index in [1.165, 1.54) is 4.90 Å². The van der Waals surface area contributed by atoms with Crippen LogP contribution in [0.3, 0.4) is 0 Å². The zero-order valence-corrected chi connectivity index (χ0v) is 16.3. The number of halogens is 3. The summed E-state index contributed by atoms with van der Waals surface area (Å²) in [7, 11) is 0. The first kappa shape index (κ1) is 20.4. The molecule has 2 aromatic carbocycles. The van der Waals surface area contributed by atoms with Gasteiger partial charge in [0.05, 0.1) is 0 Å². The topological polar surface area (TPSA) is 20.3 Å². The number of benzene rings is 2. The molecule has 0 saturated heterocycles. The molecule has 1 fully saturated rings. The van der Waals surface area contributed by atoms with Crippen LogP contribution in [0.4, 0.5) is 18.9 Å². The number of anilines is 1. The third-order valence-corrected chi connectivity index (χ3v) is 5.79. The summed E-state index contributed by atoms with van der Waals surface area (Å²) < 4.78 is 43.8. The van der Waals surface area contributed by atoms with Gasteiger partial charge in [-0.3, -0.25) is 4.79 Å². The Hall–Kier alpha value is -2.30. The molecular weight excluding hydrogens is 363 g/mol. The van der Waals surface area contributed by atoms with Crippen LogP contribution >= 0.6 is 0 Å². The lowest BCUT2D eigenvalue weighted by atomic mass is 9.63. The fraction of sp³-hybridized carbons (Fsp3) is 0.435. The van der Waals surface area contributed by atoms with E-state index in [0.717, 1.165) is 5.56 Å². The summed E-state index contributed by atoms with van der Waals surface area (Å²) >= 11 is 0. The highest BCUT2D eigenvalue weighted by Gasteiger charge is 2.58. The largest absolute Gasteiger partial charge is 0.409 e. The van der Waals surface area contributed by atoms with E-state index in [1.54, 1.807) is 49.4 Å². The molecule has 1 saturated carbocycles. The van der Waals surface area contributed by atoms with Gasteiger partial charge >= 0.3 is 6.18 Å². The van der Waals surface area contributed by atoms with Gasteiger partial charge in [0.1, 0.15) is 11.8 Å². The van der Waals surface area contributed by atoms with E-state index >= 15 is 0 Å². The predicted octanol–water partition coefficient (Wildman–Crippen LogP) is 5.83. The Morgan fingerprint density at radius 1 is 1.07 bits per heavy atom. The summed E-state index contributed by atoms with van der Waals surface area (Å²) in [5, 5.41) is 0. The number of nitrogens with zero attached hydrogens (tertiary/aromatic N) is 1. The normalized spacial score (nSPS) is 21.4. The van der Waals surface area contributed by atoms with Crippen molar-refractivity contribution in [1.29, 1.82) is 0 Å². The first-order valence-corrected chi connectivity index (χ1v) is 9.75. The Morgan fingerprint density at radius 3 is 2.25 bits per heavy atom. The predicted molar refractivity (Wildman–Crippen MR) is 106 cm³/mol. The second-order valence-electron chi connectivity index (χ2n) is 7.66. The molecule has 2 nitrogen and oxygen atoms in total. The van der Waals surface area contributed by atoms with Gasteiger partial charge in [-0.25, -0.2) is 0 Å². The number of aryl methyl sites for hydroxylation is 1. The summed E-state index contributed by atoms with van der Waals surface area (Å²) in [6, 6.07) is 14.1. The number of rotatable bonds is 5. The van der Waals surface area contributed by atoms with E-state index in [4.69, 9.17) is 0 Å². The van der Waals surface area contributed by atoms with Crippen LogP contribution in [0.1, 0.15) is 43.7 Å². The molecule has 28 heavy (non-hydrogen) atoms. The lowest BCUT2D eigenvalue weighted by Gasteiger charge is -2.49. The van der Waals surface area contributed by atoms with Crippen LogP contribution < -0.4 is 4.90 Å². The average Bonchev–Trinajstić information content (AvgIpc) is 2.66. The van der Waals surface area contributed by atoms with E-state index in [1.807, 2.05) is 19.1 Å². The van der Waals surface area contributed by atoms with Crippen molar-refractivity contribution in [3.05, 3.63) is 65.7 Å². The van der Waals surface area contributed by atoms with Gasteiger partial charge in [0.2, 0.25) is 0 Å². The highest BCUT2D eigenvalue weighted by Crippen LogP contribution is 2.49. The van der Waals surface area contributed by atoms with Gasteiger partial charge in [-0.1, -0.05) is 48.0 Å². The molecule has 5 heteroatoms. The molecule has 0 bridgehead atoms. The van der Waals surface area contributed by atoms with Crippen LogP contribution in [0.15, 0.2) is 54.6 Å². The zero-order valence-electron chi connectivity index (χ0n) is 16.3. The molecule has 1 aliphatic rings. The monoisotopic (exact) mass is 389 g/mol. The SMILES string of the molecule is CCN(c1ccc(C)cc1)C(C(F)(F)F)C1(c2ccccc2)CCCC(=O)C1. The maximum atomic E-state index is 14.6. The maximum absolute atomic E-state index is 14.6. The van der Waals surface area contributed by atoms with Crippen molar-refractivity contribution in [2.45, 2.75) is 57.2 Å². The standard InChI is InChI=1S/C23H26F3NO/c1-3-27(19-13-11-17(2)12-14-19)21(23(24,25)26)22(15-7-10-20(28)16-22)18-8-5-4-6-9-18/h4-6,8-9,11-14,21H,3,7,10,15-16H2,1-2H3. The van der Waals surface area contributed by atoms with E-state index in [0.29, 0.717) is 30.5 Å². The first-order valence-electron chi connectivity index (χ1n) is 9.75. The lowest BCUT2D eigenvalue weighted by Crippen LogP contribution is -2.60. The van der Waals surface area contributed by atoms with Crippen LogP contribution in [-0.4, -0.2) is 24.5 Å². The van der Waals surface area contributed by atoms with Crippen molar-refractivity contribution in [2.75, 3.05) is 11.4 Å². The van der Waals surface area contributed by atoms with E-state index in [-0.39, 0.29) is 18.7 Å². The van der Waals surface area contributed by atoms with E-state index < -0.39 is 17.6 Å². The Kier molecular flexibility index (Phi) is 5.82. The molecule has 150 valence electrons. The van der Waals surface area contributed by atoms with Crippen LogP contribution in [0.5, 0.6) is 0 Å². The Labute approximate surface area is 164 Å². The molecule has 0 heterocycles. The first-order chi connectivity index (χ1) is 13.3. The van der Waals surface area contributed by atoms with Crippen LogP contribution in [-0.2, 0) is 10.2 Å². The molecule has 2 atom stereocenters. The summed E-state index contributed by atoms with van der Waals surface area (Å²) in [4.78, 5) is 13.8. The van der Waals surface area contributed by atoms with Crippen LogP contribution in [0, 0.1) is 6.92 Å². The van der Waals surface area contributed by atoms with Crippen molar-refractivity contribution in [1.82, 2.24) is 0 Å². The molecule has 3 rings (SSSR count). The Balaban J connectivity index is 2.19. The number of hydrogen-bond donors (Lipinski definition) is 0. The highest BCUT2D eigenvalue weighted by molar-refractivity contribution is 5.81. The number of ketones is 1. The molecule has 0 amide bonds. The molecule has 0 aliphatic heterocycles. The number of hydrogen-bond acceptors (Lipinski definition) is 2. The van der Waals surface area contributed by atoms with Crippen molar-refractivity contribution >= 4 is 11.5 Å². The summed E-state index contributed by atoms with van der Waals surface area (Å²) in [6.07, 6.45) is -3.38. The minimum Gasteiger partial charge on any atom is -0.359 e. The number of likely N-dealkylation sites (N-methyl/N-ethyl adjacent to an activating group) is 1. The quantitative estimate of drug-likeness (QED) is 0.641. The number of carbonyl (C=O) groups excluding carboxylic acids is 1. The van der Waals surface area contributed by atoms with E-state index in [2.05, 4.69) is 0 Å². The molecule has 2 unspecified atom stereocenters. The summed E-state index contributed by atoms with van der Waals surface area (Å²) in [6.45, 7) is 3.85. The third-order valence-electron chi connectivity index (χ3n) is 5.79. The van der Waals surface area contributed by atoms with Gasteiger partial charge in [0.15, 0.2) is 0 Å². The second-order valence-corrected chi connectivity index (χ2v) is 7.66. The van der Waals surface area contributed by atoms with Gasteiger partial charge in [0.25, 0.3) is 0 Å². The number of carbonyl (C=O) groups is 1. The molecule has 0 spiro atoms. The second kappa shape index (κ2) is 7.98. The minimum absolute atomic E-state index is 0.0798. The van der Waals surface area contributed by atoms with Gasteiger partial charge in [-0.2, -0.15) is 13.2 Å². The molecule has 0 radical (unpaired) electrons. The van der Waals surface area contributed by atoms with Gasteiger partial charge in [0, 0.05) is 30.5 Å². The Bertz CT molecular complexity index is 801. The van der Waals surface area contributed by atoms with E-state index in [9.17, 15) is 18.0 Å². The number of Topliss-reactive ketones (excluding diaryl/α,β-unsaturated/α-hetero) is 1. The van der Waals surface area contributed by atoms with Crippen molar-refractivity contribution in [3.63, 3.8) is 0 Å². The molecular formula is C23H26F3NO. The van der Waals surface area contributed by atoms with Crippen molar-refractivity contribution in [2.24, 2.45) is 0 Å². The lowest BCUT2D eigenvalue weighted by molar-refractivity contribution is -0.169. The summed E-state index contributed by atoms with van der Waals surface area (Å²) in [5.41, 5.74) is 0.837. The highest BCUT2D eigenvalue weighted by atomic mass is 19.4. The fourth-order valence-electron chi connectivity index (χ4n) is 4.58. The number of alkyl halides is 3. The molecule has 2 aromatic rings. The third kappa shape index (κ3) is 3.94. The maximum Gasteiger partial charge on any atom is 0.409 e. The average molecular weight is 389 g/mol. The van der Waals surface area contributed by atoms with Crippen molar-refractivity contribution < 1.29 is 18.0 Å². The van der Waals surface area contributed by atoms with Gasteiger partial charge in [-0.05, 0) is 44.4 Å². The smallest absolute Gasteiger partial charge is 0.359 e. The van der Waals surface area contributed by atoms with Crippen LogP contribution in [0.2, 0.25) is 0 Å². The molecule has 1 aliphatic carbocycles. The molecule has 0 N–H and O–H groups in total. The zero-order chi connectivity index (χ0) is 20.4. The summed E-state index contributed by atoms with van der Waals surface area (Å²) in [5.74, 6) is -0.0932. The Morgan fingerprint density at radius 2 is 1.71 bits per heavy atom. The fourth-order valence-corrected chi connectivity index (χ4v) is 4.58. The minimum atomic E-state index is -4.48. The van der Waals surface area contributed by atoms with Gasteiger partial charge < -0.3 is 4.90 Å². The van der Waals surface area contributed by atoms with Gasteiger partial charge in [-0.15, -0.1) is 0 Å². The molecule has 0 aromatic heterocycles. The van der Waals surface area contributed by atoms with Crippen LogP contribution in [0.25, 0.3) is 0 Å². The van der Waals surface area contributed by atoms with Crippen molar-refractivity contribution in [3.8, 4) is 0 Å².